The Morgan fingerprint density at radius 2 is 1.20 bits per heavy atom. The number of rotatable bonds is 5. The molecule has 2 saturated carbocycles. The Hall–Kier alpha value is -1.82. The topological polar surface area (TPSA) is 9.23 Å². The number of halogens is 7. The first kappa shape index (κ1) is 26.2. The molecule has 0 bridgehead atoms. The van der Waals surface area contributed by atoms with E-state index in [2.05, 4.69) is 0 Å². The van der Waals surface area contributed by atoms with Crippen molar-refractivity contribution in [2.45, 2.75) is 81.7 Å². The van der Waals surface area contributed by atoms with Crippen LogP contribution in [-0.2, 0) is 6.18 Å². The fourth-order valence-corrected chi connectivity index (χ4v) is 9.63. The molecule has 35 heavy (non-hydrogen) atoms. The van der Waals surface area contributed by atoms with Crippen LogP contribution in [0.4, 0.5) is 30.7 Å². The third kappa shape index (κ3) is 5.05. The molecule has 0 spiro atoms. The van der Waals surface area contributed by atoms with Crippen molar-refractivity contribution in [3.63, 3.8) is 0 Å². The molecule has 0 aromatic heterocycles. The molecule has 0 heterocycles. The number of ether oxygens (including phenoxy) is 1. The monoisotopic (exact) mass is 520 g/mol. The second-order valence-corrected chi connectivity index (χ2v) is 12.1. The zero-order valence-electron chi connectivity index (χ0n) is 19.5. The van der Waals surface area contributed by atoms with E-state index >= 15 is 8.78 Å². The van der Waals surface area contributed by atoms with Gasteiger partial charge in [0, 0.05) is 5.56 Å². The van der Waals surface area contributed by atoms with Crippen LogP contribution in [0.5, 0.6) is 5.75 Å². The molecule has 9 heteroatoms. The SMILES string of the molecule is COc1cccc(P(C2CCCCC2)C2CCCCC2)c1-c1c(F)c(F)c(C(F)(F)F)c(F)c1F. The van der Waals surface area contributed by atoms with E-state index in [4.69, 9.17) is 4.74 Å². The first-order valence-electron chi connectivity index (χ1n) is 12.1. The molecule has 192 valence electrons. The first-order valence-corrected chi connectivity index (χ1v) is 13.5. The predicted octanol–water partition coefficient (Wildman–Crippen LogP) is 8.71. The normalized spacial score (nSPS) is 18.3. The van der Waals surface area contributed by atoms with Crippen molar-refractivity contribution in [3.05, 3.63) is 47.0 Å². The summed E-state index contributed by atoms with van der Waals surface area (Å²) in [6.45, 7) is 0. The Balaban J connectivity index is 1.98. The summed E-state index contributed by atoms with van der Waals surface area (Å²) in [4.78, 5) is 0. The number of hydrogen-bond acceptors (Lipinski definition) is 1. The van der Waals surface area contributed by atoms with E-state index in [9.17, 15) is 22.0 Å². The van der Waals surface area contributed by atoms with Gasteiger partial charge in [-0.15, -0.1) is 0 Å². The molecular weight excluding hydrogens is 492 g/mol. The summed E-state index contributed by atoms with van der Waals surface area (Å²) in [6, 6.07) is 4.80. The zero-order chi connectivity index (χ0) is 25.3. The maximum atomic E-state index is 15.2. The Morgan fingerprint density at radius 3 is 1.63 bits per heavy atom. The van der Waals surface area contributed by atoms with Crippen LogP contribution >= 0.6 is 7.92 Å². The van der Waals surface area contributed by atoms with Crippen LogP contribution in [0.1, 0.15) is 69.8 Å². The molecule has 2 aromatic carbocycles. The van der Waals surface area contributed by atoms with Crippen molar-refractivity contribution >= 4 is 13.2 Å². The van der Waals surface area contributed by atoms with Gasteiger partial charge in [-0.1, -0.05) is 58.6 Å². The Kier molecular flexibility index (Phi) is 7.99. The van der Waals surface area contributed by atoms with Crippen molar-refractivity contribution in [3.8, 4) is 16.9 Å². The highest BCUT2D eigenvalue weighted by molar-refractivity contribution is 7.67. The molecule has 2 aromatic rings. The second kappa shape index (κ2) is 10.7. The highest BCUT2D eigenvalue weighted by Crippen LogP contribution is 2.57. The second-order valence-electron chi connectivity index (χ2n) is 9.35. The van der Waals surface area contributed by atoms with Gasteiger partial charge in [-0.3, -0.25) is 0 Å². The van der Waals surface area contributed by atoms with Crippen molar-refractivity contribution in [2.24, 2.45) is 0 Å². The van der Waals surface area contributed by atoms with E-state index in [1.54, 1.807) is 12.1 Å². The molecule has 2 fully saturated rings. The average Bonchev–Trinajstić information content (AvgIpc) is 2.84. The van der Waals surface area contributed by atoms with Crippen LogP contribution in [0.15, 0.2) is 18.2 Å². The van der Waals surface area contributed by atoms with Crippen LogP contribution < -0.4 is 10.0 Å². The maximum Gasteiger partial charge on any atom is 0.422 e. The average molecular weight is 520 g/mol. The van der Waals surface area contributed by atoms with Gasteiger partial charge in [0.15, 0.2) is 23.3 Å². The van der Waals surface area contributed by atoms with Crippen LogP contribution in [0.3, 0.4) is 0 Å². The number of methoxy groups -OCH3 is 1. The van der Waals surface area contributed by atoms with Crippen LogP contribution in [0.2, 0.25) is 0 Å². The molecule has 0 N–H and O–H groups in total. The highest BCUT2D eigenvalue weighted by atomic mass is 31.1. The lowest BCUT2D eigenvalue weighted by atomic mass is 9.99. The molecule has 2 aliphatic rings. The Labute approximate surface area is 201 Å². The van der Waals surface area contributed by atoms with Gasteiger partial charge in [0.1, 0.15) is 11.3 Å². The van der Waals surface area contributed by atoms with Crippen LogP contribution in [-0.4, -0.2) is 18.4 Å². The lowest BCUT2D eigenvalue weighted by Crippen LogP contribution is -2.28. The third-order valence-corrected chi connectivity index (χ3v) is 10.8. The van der Waals surface area contributed by atoms with Gasteiger partial charge < -0.3 is 4.74 Å². The highest BCUT2D eigenvalue weighted by Gasteiger charge is 2.44. The predicted molar refractivity (Wildman–Crippen MR) is 124 cm³/mol. The fraction of sp³-hybridized carbons (Fsp3) is 0.538. The summed E-state index contributed by atoms with van der Waals surface area (Å²) >= 11 is 0. The quantitative estimate of drug-likeness (QED) is 0.218. The number of alkyl halides is 3. The molecule has 0 atom stereocenters. The summed E-state index contributed by atoms with van der Waals surface area (Å²) < 4.78 is 105. The largest absolute Gasteiger partial charge is 0.496 e. The first-order chi connectivity index (χ1) is 16.7. The van der Waals surface area contributed by atoms with Gasteiger partial charge in [-0.2, -0.15) is 13.2 Å². The van der Waals surface area contributed by atoms with Gasteiger partial charge >= 0.3 is 6.18 Å². The Bertz CT molecular complexity index is 1010. The van der Waals surface area contributed by atoms with Gasteiger partial charge in [0.2, 0.25) is 0 Å². The number of benzene rings is 2. The van der Waals surface area contributed by atoms with Gasteiger partial charge in [0.05, 0.1) is 12.7 Å². The fourth-order valence-electron chi connectivity index (χ4n) is 5.67. The summed E-state index contributed by atoms with van der Waals surface area (Å²) in [5.41, 5.74) is -3.32. The maximum absolute atomic E-state index is 15.2. The van der Waals surface area contributed by atoms with E-state index in [0.29, 0.717) is 5.30 Å². The molecule has 4 rings (SSSR count). The van der Waals surface area contributed by atoms with Crippen molar-refractivity contribution < 1.29 is 35.5 Å². The molecule has 2 aliphatic carbocycles. The Morgan fingerprint density at radius 1 is 0.714 bits per heavy atom. The molecule has 0 aliphatic heterocycles. The summed E-state index contributed by atoms with van der Waals surface area (Å²) in [7, 11) is 0.249. The summed E-state index contributed by atoms with van der Waals surface area (Å²) in [6.07, 6.45) is 4.52. The molecule has 0 radical (unpaired) electrons. The molecular formula is C26H28F7OP. The van der Waals surface area contributed by atoms with Crippen molar-refractivity contribution in [2.75, 3.05) is 7.11 Å². The molecule has 1 nitrogen and oxygen atoms in total. The lowest BCUT2D eigenvalue weighted by Gasteiger charge is -2.40. The summed E-state index contributed by atoms with van der Waals surface area (Å²) in [5.74, 6) is -9.00. The molecule has 0 saturated heterocycles. The van der Waals surface area contributed by atoms with E-state index in [1.165, 1.54) is 13.2 Å². The van der Waals surface area contributed by atoms with Crippen LogP contribution in [0, 0.1) is 23.3 Å². The van der Waals surface area contributed by atoms with Gasteiger partial charge in [-0.05, 0) is 48.4 Å². The van der Waals surface area contributed by atoms with E-state index in [1.807, 2.05) is 0 Å². The van der Waals surface area contributed by atoms with Crippen molar-refractivity contribution in [1.29, 1.82) is 0 Å². The smallest absolute Gasteiger partial charge is 0.422 e. The van der Waals surface area contributed by atoms with Crippen LogP contribution in [0.25, 0.3) is 11.1 Å². The van der Waals surface area contributed by atoms with Gasteiger partial charge in [-0.25, -0.2) is 17.6 Å². The van der Waals surface area contributed by atoms with Crippen molar-refractivity contribution in [1.82, 2.24) is 0 Å². The summed E-state index contributed by atoms with van der Waals surface area (Å²) in [5, 5.41) is 0.550. The van der Waals surface area contributed by atoms with E-state index in [0.717, 1.165) is 64.2 Å². The van der Waals surface area contributed by atoms with E-state index < -0.39 is 48.5 Å². The minimum atomic E-state index is -5.59. The minimum Gasteiger partial charge on any atom is -0.496 e. The molecule has 0 unspecified atom stereocenters. The third-order valence-electron chi connectivity index (χ3n) is 7.24. The molecule has 0 amide bonds. The zero-order valence-corrected chi connectivity index (χ0v) is 20.4. The standard InChI is InChI=1S/C26H28F7OP/c1-34-17-13-8-14-18(35(15-9-4-2-5-10-15)16-11-6-3-7-12-16)19(17)20-22(27)24(29)21(26(31,32)33)25(30)23(20)28/h8,13-16H,2-7,9-12H2,1H3. The number of hydrogen-bond donors (Lipinski definition) is 0. The minimum absolute atomic E-state index is 0.0158. The lowest BCUT2D eigenvalue weighted by molar-refractivity contribution is -0.143. The van der Waals surface area contributed by atoms with Gasteiger partial charge in [0.25, 0.3) is 0 Å². The van der Waals surface area contributed by atoms with E-state index in [-0.39, 0.29) is 22.6 Å².